The molecule has 1 aliphatic heterocycles. The van der Waals surface area contributed by atoms with E-state index in [1.165, 1.54) is 29.7 Å². The fourth-order valence-corrected chi connectivity index (χ4v) is 3.60. The molecule has 174 valence electrons. The Morgan fingerprint density at radius 2 is 1.73 bits per heavy atom. The molecule has 1 rings (SSSR count). The maximum Gasteiger partial charge on any atom is 0.248 e. The van der Waals surface area contributed by atoms with Crippen LogP contribution in [0.5, 0.6) is 0 Å². The highest BCUT2D eigenvalue weighted by Crippen LogP contribution is 2.17. The fraction of sp³-hybridized carbons (Fsp3) is 0.857. The molecule has 0 aromatic carbocycles. The van der Waals surface area contributed by atoms with Crippen LogP contribution in [0.2, 0.25) is 0 Å². The largest absolute Gasteiger partial charge is 0.390 e. The van der Waals surface area contributed by atoms with Gasteiger partial charge in [-0.2, -0.15) is 0 Å². The van der Waals surface area contributed by atoms with Gasteiger partial charge in [-0.1, -0.05) is 6.92 Å². The van der Waals surface area contributed by atoms with Crippen LogP contribution in [0.3, 0.4) is 0 Å². The summed E-state index contributed by atoms with van der Waals surface area (Å²) < 4.78 is 5.77. The van der Waals surface area contributed by atoms with E-state index in [4.69, 9.17) is 10.5 Å². The van der Waals surface area contributed by atoms with Crippen molar-refractivity contribution in [1.29, 1.82) is 0 Å². The number of primary amides is 1. The molecular weight excluding hydrogens is 388 g/mol. The van der Waals surface area contributed by atoms with Crippen molar-refractivity contribution in [3.8, 4) is 0 Å². The molecule has 1 heterocycles. The molecule has 0 saturated carbocycles. The monoisotopic (exact) mass is 428 g/mol. The average molecular weight is 429 g/mol. The lowest BCUT2D eigenvalue weighted by molar-refractivity contribution is -0.150. The summed E-state index contributed by atoms with van der Waals surface area (Å²) in [5, 5.41) is 10.1. The standard InChI is InChI=1S/C21H40N4O5/c1-6-9-18(26)23(4)17(15-30-13-12-25-10-7-8-11-25)20(28)24(5)16(19(22)27)14-21(2,3)29/h16-17,29H,6-15H2,1-5H3,(H2,22,27)/t16-,17+/m0/s1. The summed E-state index contributed by atoms with van der Waals surface area (Å²) in [6.45, 7) is 8.40. The van der Waals surface area contributed by atoms with Gasteiger partial charge >= 0.3 is 0 Å². The Bertz CT molecular complexity index is 572. The maximum absolute atomic E-state index is 13.2. The van der Waals surface area contributed by atoms with Crippen LogP contribution in [0.25, 0.3) is 0 Å². The second-order valence-corrected chi connectivity index (χ2v) is 8.78. The van der Waals surface area contributed by atoms with Gasteiger partial charge in [0.25, 0.3) is 0 Å². The minimum atomic E-state index is -1.18. The molecule has 0 unspecified atom stereocenters. The number of nitrogens with two attached hydrogens (primary N) is 1. The van der Waals surface area contributed by atoms with Crippen LogP contribution in [-0.4, -0.2) is 102 Å². The topological polar surface area (TPSA) is 116 Å². The first-order valence-corrected chi connectivity index (χ1v) is 10.8. The van der Waals surface area contributed by atoms with E-state index in [2.05, 4.69) is 4.90 Å². The summed E-state index contributed by atoms with van der Waals surface area (Å²) >= 11 is 0. The van der Waals surface area contributed by atoms with Crippen LogP contribution in [0, 0.1) is 0 Å². The van der Waals surface area contributed by atoms with Gasteiger partial charge < -0.3 is 30.3 Å². The summed E-state index contributed by atoms with van der Waals surface area (Å²) in [5.74, 6) is -1.30. The third-order valence-electron chi connectivity index (χ3n) is 5.47. The Balaban J connectivity index is 2.86. The molecule has 0 aliphatic carbocycles. The number of aliphatic hydroxyl groups is 1. The molecule has 0 aromatic heterocycles. The number of hydrogen-bond donors (Lipinski definition) is 2. The minimum absolute atomic E-state index is 0.000267. The van der Waals surface area contributed by atoms with Gasteiger partial charge in [-0.3, -0.25) is 14.4 Å². The summed E-state index contributed by atoms with van der Waals surface area (Å²) in [4.78, 5) is 42.6. The molecule has 3 N–H and O–H groups in total. The van der Waals surface area contributed by atoms with Crippen LogP contribution >= 0.6 is 0 Å². The van der Waals surface area contributed by atoms with E-state index in [1.54, 1.807) is 20.9 Å². The quantitative estimate of drug-likeness (QED) is 0.405. The minimum Gasteiger partial charge on any atom is -0.390 e. The Morgan fingerprint density at radius 3 is 2.23 bits per heavy atom. The first kappa shape index (κ1) is 26.3. The van der Waals surface area contributed by atoms with Crippen molar-refractivity contribution in [2.24, 2.45) is 5.73 Å². The van der Waals surface area contributed by atoms with Crippen molar-refractivity contribution in [3.05, 3.63) is 0 Å². The molecule has 9 nitrogen and oxygen atoms in total. The van der Waals surface area contributed by atoms with Crippen LogP contribution in [0.4, 0.5) is 0 Å². The molecule has 0 radical (unpaired) electrons. The Morgan fingerprint density at radius 1 is 1.13 bits per heavy atom. The van der Waals surface area contributed by atoms with Crippen molar-refractivity contribution < 1.29 is 24.2 Å². The summed E-state index contributed by atoms with van der Waals surface area (Å²) in [7, 11) is 3.05. The van der Waals surface area contributed by atoms with Crippen molar-refractivity contribution in [1.82, 2.24) is 14.7 Å². The first-order valence-electron chi connectivity index (χ1n) is 10.8. The zero-order chi connectivity index (χ0) is 22.9. The molecule has 1 saturated heterocycles. The van der Waals surface area contributed by atoms with E-state index >= 15 is 0 Å². The van der Waals surface area contributed by atoms with E-state index in [0.29, 0.717) is 19.4 Å². The molecule has 30 heavy (non-hydrogen) atoms. The lowest BCUT2D eigenvalue weighted by atomic mass is 9.97. The number of likely N-dealkylation sites (N-methyl/N-ethyl adjacent to an activating group) is 2. The molecule has 9 heteroatoms. The number of rotatable bonds is 13. The van der Waals surface area contributed by atoms with Crippen LogP contribution < -0.4 is 5.73 Å². The highest BCUT2D eigenvalue weighted by molar-refractivity contribution is 5.91. The van der Waals surface area contributed by atoms with Crippen molar-refractivity contribution in [2.75, 3.05) is 46.9 Å². The van der Waals surface area contributed by atoms with Crippen LogP contribution in [-0.2, 0) is 19.1 Å². The second kappa shape index (κ2) is 12.2. The van der Waals surface area contributed by atoms with Crippen LogP contribution in [0.1, 0.15) is 52.9 Å². The van der Waals surface area contributed by atoms with Crippen molar-refractivity contribution in [2.45, 2.75) is 70.6 Å². The SMILES string of the molecule is CCCC(=O)N(C)[C@H](COCCN1CCCC1)C(=O)N(C)[C@@H](CC(C)(C)O)C(N)=O. The number of nitrogens with zero attached hydrogens (tertiary/aromatic N) is 3. The van der Waals surface area contributed by atoms with E-state index in [1.807, 2.05) is 6.92 Å². The van der Waals surface area contributed by atoms with Gasteiger partial charge in [0, 0.05) is 33.5 Å². The van der Waals surface area contributed by atoms with E-state index in [9.17, 15) is 19.5 Å². The van der Waals surface area contributed by atoms with Crippen molar-refractivity contribution in [3.63, 3.8) is 0 Å². The number of likely N-dealkylation sites (tertiary alicyclic amines) is 1. The summed E-state index contributed by atoms with van der Waals surface area (Å²) in [6, 6.07) is -1.85. The van der Waals surface area contributed by atoms with Gasteiger partial charge in [0.05, 0.1) is 18.8 Å². The van der Waals surface area contributed by atoms with Gasteiger partial charge in [0.1, 0.15) is 12.1 Å². The molecule has 0 aromatic rings. The Hall–Kier alpha value is -1.71. The normalized spacial score (nSPS) is 16.9. The lowest BCUT2D eigenvalue weighted by Crippen LogP contribution is -2.56. The van der Waals surface area contributed by atoms with Crippen LogP contribution in [0.15, 0.2) is 0 Å². The fourth-order valence-electron chi connectivity index (χ4n) is 3.60. The zero-order valence-corrected chi connectivity index (χ0v) is 19.2. The smallest absolute Gasteiger partial charge is 0.248 e. The predicted molar refractivity (Wildman–Crippen MR) is 115 cm³/mol. The number of carbonyl (C=O) groups is 3. The molecule has 1 aliphatic rings. The highest BCUT2D eigenvalue weighted by Gasteiger charge is 2.36. The first-order chi connectivity index (χ1) is 14.0. The highest BCUT2D eigenvalue weighted by atomic mass is 16.5. The van der Waals surface area contributed by atoms with Gasteiger partial charge in [-0.05, 0) is 46.2 Å². The average Bonchev–Trinajstić information content (AvgIpc) is 3.17. The van der Waals surface area contributed by atoms with Gasteiger partial charge in [0.2, 0.25) is 17.7 Å². The molecule has 3 amide bonds. The van der Waals surface area contributed by atoms with Gasteiger partial charge in [0.15, 0.2) is 0 Å². The van der Waals surface area contributed by atoms with E-state index in [0.717, 1.165) is 19.6 Å². The number of carbonyl (C=O) groups excluding carboxylic acids is 3. The molecule has 1 fully saturated rings. The van der Waals surface area contributed by atoms with Gasteiger partial charge in [-0.15, -0.1) is 0 Å². The molecule has 0 spiro atoms. The second-order valence-electron chi connectivity index (χ2n) is 8.78. The van der Waals surface area contributed by atoms with Crippen molar-refractivity contribution >= 4 is 17.7 Å². The summed E-state index contributed by atoms with van der Waals surface area (Å²) in [6.07, 6.45) is 3.37. The third-order valence-corrected chi connectivity index (χ3v) is 5.47. The maximum atomic E-state index is 13.2. The molecule has 2 atom stereocenters. The lowest BCUT2D eigenvalue weighted by Gasteiger charge is -2.35. The Labute approximate surface area is 180 Å². The van der Waals surface area contributed by atoms with E-state index < -0.39 is 29.5 Å². The van der Waals surface area contributed by atoms with E-state index in [-0.39, 0.29) is 18.9 Å². The predicted octanol–water partition coefficient (Wildman–Crippen LogP) is 0.199. The number of hydrogen-bond acceptors (Lipinski definition) is 6. The molecular formula is C21H40N4O5. The zero-order valence-electron chi connectivity index (χ0n) is 19.2. The number of amides is 3. The Kier molecular flexibility index (Phi) is 10.7. The molecule has 0 bridgehead atoms. The number of ether oxygens (including phenoxy) is 1. The third kappa shape index (κ3) is 8.57. The van der Waals surface area contributed by atoms with Gasteiger partial charge in [-0.25, -0.2) is 0 Å². The summed E-state index contributed by atoms with van der Waals surface area (Å²) in [5.41, 5.74) is 4.32.